The standard InChI is InChI=1S/C10H11BrFNO2/c11-7-4-10-9(14-5-15-10)3-6(7)8(13)1-2-12/h3-4,8H,1-2,5,13H2/t8-/m0/s1. The Bertz CT molecular complexity index is 373. The summed E-state index contributed by atoms with van der Waals surface area (Å²) in [5, 5.41) is 0. The van der Waals surface area contributed by atoms with E-state index in [0.29, 0.717) is 17.9 Å². The smallest absolute Gasteiger partial charge is 0.231 e. The normalized spacial score (nSPS) is 15.4. The first-order chi connectivity index (χ1) is 7.22. The molecule has 0 amide bonds. The lowest BCUT2D eigenvalue weighted by Gasteiger charge is -2.12. The third kappa shape index (κ3) is 2.08. The summed E-state index contributed by atoms with van der Waals surface area (Å²) in [7, 11) is 0. The zero-order valence-corrected chi connectivity index (χ0v) is 9.59. The second kappa shape index (κ2) is 4.37. The second-order valence-electron chi connectivity index (χ2n) is 3.31. The lowest BCUT2D eigenvalue weighted by Crippen LogP contribution is -2.11. The van der Waals surface area contributed by atoms with E-state index in [0.717, 1.165) is 10.0 Å². The van der Waals surface area contributed by atoms with Crippen molar-refractivity contribution in [1.29, 1.82) is 0 Å². The Morgan fingerprint density at radius 1 is 1.40 bits per heavy atom. The van der Waals surface area contributed by atoms with Gasteiger partial charge in [-0.05, 0) is 24.1 Å². The third-order valence-corrected chi connectivity index (χ3v) is 3.00. The maximum Gasteiger partial charge on any atom is 0.231 e. The molecule has 3 nitrogen and oxygen atoms in total. The van der Waals surface area contributed by atoms with Crippen LogP contribution in [0.4, 0.5) is 4.39 Å². The molecule has 1 aromatic carbocycles. The van der Waals surface area contributed by atoms with Crippen molar-refractivity contribution in [2.45, 2.75) is 12.5 Å². The van der Waals surface area contributed by atoms with Crippen LogP contribution in [0.15, 0.2) is 16.6 Å². The van der Waals surface area contributed by atoms with Crippen molar-refractivity contribution in [3.8, 4) is 11.5 Å². The summed E-state index contributed by atoms with van der Waals surface area (Å²) in [6.45, 7) is -0.203. The van der Waals surface area contributed by atoms with Gasteiger partial charge in [0.2, 0.25) is 6.79 Å². The highest BCUT2D eigenvalue weighted by Crippen LogP contribution is 2.39. The predicted molar refractivity (Wildman–Crippen MR) is 57.8 cm³/mol. The molecule has 0 aromatic heterocycles. The zero-order chi connectivity index (χ0) is 10.8. The molecule has 2 rings (SSSR count). The first-order valence-electron chi connectivity index (χ1n) is 4.63. The minimum absolute atomic E-state index is 0.226. The monoisotopic (exact) mass is 275 g/mol. The highest BCUT2D eigenvalue weighted by atomic mass is 79.9. The average Bonchev–Trinajstić information content (AvgIpc) is 2.63. The Labute approximate surface area is 95.5 Å². The van der Waals surface area contributed by atoms with Gasteiger partial charge in [-0.1, -0.05) is 15.9 Å². The van der Waals surface area contributed by atoms with E-state index in [-0.39, 0.29) is 12.8 Å². The Balaban J connectivity index is 2.31. The number of benzene rings is 1. The summed E-state index contributed by atoms with van der Waals surface area (Å²) >= 11 is 3.38. The van der Waals surface area contributed by atoms with E-state index >= 15 is 0 Å². The third-order valence-electron chi connectivity index (χ3n) is 2.31. The molecular weight excluding hydrogens is 265 g/mol. The predicted octanol–water partition coefficient (Wildman–Crippen LogP) is 2.54. The van der Waals surface area contributed by atoms with Crippen LogP contribution in [0.2, 0.25) is 0 Å². The van der Waals surface area contributed by atoms with Gasteiger partial charge in [0.1, 0.15) is 0 Å². The lowest BCUT2D eigenvalue weighted by molar-refractivity contribution is 0.174. The SMILES string of the molecule is N[C@@H](CCF)c1cc2c(cc1Br)OCO2. The first kappa shape index (κ1) is 10.7. The van der Waals surface area contributed by atoms with Gasteiger partial charge in [-0.3, -0.25) is 4.39 Å². The molecule has 0 spiro atoms. The van der Waals surface area contributed by atoms with Crippen LogP contribution in [0.3, 0.4) is 0 Å². The first-order valence-corrected chi connectivity index (χ1v) is 5.42. The Kier molecular flexibility index (Phi) is 3.11. The summed E-state index contributed by atoms with van der Waals surface area (Å²) in [6.07, 6.45) is 0.304. The molecule has 0 radical (unpaired) electrons. The molecule has 1 aromatic rings. The van der Waals surface area contributed by atoms with Gasteiger partial charge >= 0.3 is 0 Å². The number of halogens is 2. The largest absolute Gasteiger partial charge is 0.454 e. The van der Waals surface area contributed by atoms with E-state index < -0.39 is 6.67 Å². The fourth-order valence-corrected chi connectivity index (χ4v) is 2.11. The van der Waals surface area contributed by atoms with Crippen molar-refractivity contribution in [2.75, 3.05) is 13.5 Å². The van der Waals surface area contributed by atoms with Crippen molar-refractivity contribution >= 4 is 15.9 Å². The molecule has 2 N–H and O–H groups in total. The van der Waals surface area contributed by atoms with E-state index in [4.69, 9.17) is 15.2 Å². The maximum atomic E-state index is 12.2. The topological polar surface area (TPSA) is 44.5 Å². The molecule has 5 heteroatoms. The molecule has 1 aliphatic heterocycles. The van der Waals surface area contributed by atoms with Crippen LogP contribution in [0.25, 0.3) is 0 Å². The van der Waals surface area contributed by atoms with Gasteiger partial charge in [0, 0.05) is 10.5 Å². The number of hydrogen-bond acceptors (Lipinski definition) is 3. The quantitative estimate of drug-likeness (QED) is 0.922. The van der Waals surface area contributed by atoms with E-state index in [1.165, 1.54) is 0 Å². The van der Waals surface area contributed by atoms with Crippen LogP contribution in [-0.4, -0.2) is 13.5 Å². The minimum Gasteiger partial charge on any atom is -0.454 e. The van der Waals surface area contributed by atoms with Crippen LogP contribution in [0, 0.1) is 0 Å². The molecule has 0 unspecified atom stereocenters. The number of hydrogen-bond donors (Lipinski definition) is 1. The highest BCUT2D eigenvalue weighted by molar-refractivity contribution is 9.10. The molecule has 0 saturated carbocycles. The number of fused-ring (bicyclic) bond motifs is 1. The van der Waals surface area contributed by atoms with Crippen LogP contribution in [-0.2, 0) is 0 Å². The van der Waals surface area contributed by atoms with Crippen molar-refractivity contribution in [1.82, 2.24) is 0 Å². The van der Waals surface area contributed by atoms with E-state index in [1.54, 1.807) is 12.1 Å². The van der Waals surface area contributed by atoms with Crippen molar-refractivity contribution in [3.63, 3.8) is 0 Å². The van der Waals surface area contributed by atoms with Gasteiger partial charge in [0.05, 0.1) is 6.67 Å². The van der Waals surface area contributed by atoms with Crippen molar-refractivity contribution in [2.24, 2.45) is 5.73 Å². The second-order valence-corrected chi connectivity index (χ2v) is 4.17. The van der Waals surface area contributed by atoms with Gasteiger partial charge < -0.3 is 15.2 Å². The molecule has 0 fully saturated rings. The fraction of sp³-hybridized carbons (Fsp3) is 0.400. The molecule has 0 bridgehead atoms. The van der Waals surface area contributed by atoms with Crippen molar-refractivity contribution < 1.29 is 13.9 Å². The molecular formula is C10H11BrFNO2. The molecule has 15 heavy (non-hydrogen) atoms. The number of ether oxygens (including phenoxy) is 2. The summed E-state index contributed by atoms with van der Waals surface area (Å²) in [4.78, 5) is 0. The van der Waals surface area contributed by atoms with Crippen LogP contribution in [0.1, 0.15) is 18.0 Å². The minimum atomic E-state index is -0.429. The van der Waals surface area contributed by atoms with E-state index in [1.807, 2.05) is 0 Å². The number of rotatable bonds is 3. The summed E-state index contributed by atoms with van der Waals surface area (Å²) in [5.74, 6) is 1.36. The molecule has 0 aliphatic carbocycles. The zero-order valence-electron chi connectivity index (χ0n) is 8.00. The van der Waals surface area contributed by atoms with Crippen molar-refractivity contribution in [3.05, 3.63) is 22.2 Å². The lowest BCUT2D eigenvalue weighted by atomic mass is 10.0. The summed E-state index contributed by atoms with van der Waals surface area (Å²) in [6, 6.07) is 3.28. The number of alkyl halides is 1. The van der Waals surface area contributed by atoms with Gasteiger partial charge in [0.15, 0.2) is 11.5 Å². The highest BCUT2D eigenvalue weighted by Gasteiger charge is 2.19. The summed E-state index contributed by atoms with van der Waals surface area (Å²) < 4.78 is 23.4. The summed E-state index contributed by atoms with van der Waals surface area (Å²) in [5.41, 5.74) is 6.68. The average molecular weight is 276 g/mol. The number of nitrogens with two attached hydrogens (primary N) is 1. The van der Waals surface area contributed by atoms with Crippen LogP contribution < -0.4 is 15.2 Å². The van der Waals surface area contributed by atoms with Gasteiger partial charge in [-0.2, -0.15) is 0 Å². The van der Waals surface area contributed by atoms with Crippen LogP contribution in [0.5, 0.6) is 11.5 Å². The van der Waals surface area contributed by atoms with Gasteiger partial charge in [-0.15, -0.1) is 0 Å². The fourth-order valence-electron chi connectivity index (χ4n) is 1.49. The molecule has 82 valence electrons. The van der Waals surface area contributed by atoms with E-state index in [9.17, 15) is 4.39 Å². The van der Waals surface area contributed by atoms with Gasteiger partial charge in [-0.25, -0.2) is 0 Å². The molecule has 0 saturated heterocycles. The Morgan fingerprint density at radius 3 is 2.73 bits per heavy atom. The molecule has 1 heterocycles. The van der Waals surface area contributed by atoms with E-state index in [2.05, 4.69) is 15.9 Å². The van der Waals surface area contributed by atoms with Crippen LogP contribution >= 0.6 is 15.9 Å². The Morgan fingerprint density at radius 2 is 2.07 bits per heavy atom. The van der Waals surface area contributed by atoms with Gasteiger partial charge in [0.25, 0.3) is 0 Å². The molecule has 1 aliphatic rings. The maximum absolute atomic E-state index is 12.2. The molecule has 1 atom stereocenters. The Hall–Kier alpha value is -0.810.